The number of anilines is 1. The Hall–Kier alpha value is -2.75. The van der Waals surface area contributed by atoms with Crippen molar-refractivity contribution in [3.8, 4) is 0 Å². The maximum Gasteiger partial charge on any atom is 0.251 e. The first-order chi connectivity index (χ1) is 14.5. The summed E-state index contributed by atoms with van der Waals surface area (Å²) in [6, 6.07) is 2.12. The molecule has 1 aliphatic carbocycles. The lowest BCUT2D eigenvalue weighted by Crippen LogP contribution is -2.18. The van der Waals surface area contributed by atoms with Gasteiger partial charge in [0, 0.05) is 6.42 Å². The molecule has 0 aromatic heterocycles. The third-order valence-corrected chi connectivity index (χ3v) is 6.10. The number of primary amides is 1. The minimum absolute atomic E-state index is 0.249. The third-order valence-electron chi connectivity index (χ3n) is 6.10. The molecule has 1 heterocycles. The second kappa shape index (κ2) is 9.84. The van der Waals surface area contributed by atoms with Crippen LogP contribution < -0.4 is 11.1 Å². The van der Waals surface area contributed by atoms with Crippen molar-refractivity contribution >= 4 is 17.2 Å². The first-order valence-corrected chi connectivity index (χ1v) is 11.1. The first-order valence-electron chi connectivity index (χ1n) is 11.1. The molecule has 4 heteroatoms. The average molecular weight is 407 g/mol. The summed E-state index contributed by atoms with van der Waals surface area (Å²) in [5.74, 6) is 0.971. The van der Waals surface area contributed by atoms with Crippen molar-refractivity contribution in [1.82, 2.24) is 0 Å². The topological polar surface area (TPSA) is 64.3 Å². The molecule has 0 saturated heterocycles. The van der Waals surface area contributed by atoms with E-state index >= 15 is 0 Å². The lowest BCUT2D eigenvalue weighted by atomic mass is 9.83. The van der Waals surface area contributed by atoms with Crippen LogP contribution in [0.5, 0.6) is 0 Å². The first kappa shape index (κ1) is 21.9. The van der Waals surface area contributed by atoms with Crippen molar-refractivity contribution in [3.05, 3.63) is 70.7 Å². The van der Waals surface area contributed by atoms with E-state index in [-0.39, 0.29) is 5.92 Å². The minimum Gasteiger partial charge on any atom is -0.498 e. The van der Waals surface area contributed by atoms with Gasteiger partial charge in [-0.3, -0.25) is 4.79 Å². The zero-order chi connectivity index (χ0) is 21.7. The van der Waals surface area contributed by atoms with Gasteiger partial charge in [0.2, 0.25) is 0 Å². The summed E-state index contributed by atoms with van der Waals surface area (Å²) >= 11 is 0. The minimum atomic E-state index is -0.419. The van der Waals surface area contributed by atoms with E-state index < -0.39 is 5.91 Å². The highest BCUT2D eigenvalue weighted by molar-refractivity contribution is 6.02. The Labute approximate surface area is 180 Å². The fourth-order valence-corrected chi connectivity index (χ4v) is 4.43. The van der Waals surface area contributed by atoms with E-state index in [9.17, 15) is 4.79 Å². The van der Waals surface area contributed by atoms with Crippen molar-refractivity contribution < 1.29 is 9.53 Å². The molecular weight excluding hydrogens is 372 g/mol. The van der Waals surface area contributed by atoms with E-state index in [4.69, 9.17) is 10.5 Å². The number of ether oxygens (including phenoxy) is 1. The molecule has 0 fully saturated rings. The van der Waals surface area contributed by atoms with E-state index in [2.05, 4.69) is 50.0 Å². The van der Waals surface area contributed by atoms with E-state index in [0.29, 0.717) is 5.56 Å². The van der Waals surface area contributed by atoms with Gasteiger partial charge in [-0.25, -0.2) is 0 Å². The average Bonchev–Trinajstić information content (AvgIpc) is 2.83. The molecule has 3 rings (SSSR count). The molecule has 2 aliphatic rings. The lowest BCUT2D eigenvalue weighted by molar-refractivity contribution is 0.100. The summed E-state index contributed by atoms with van der Waals surface area (Å²) in [7, 11) is 0. The van der Waals surface area contributed by atoms with Gasteiger partial charge in [0.25, 0.3) is 5.91 Å². The molecule has 1 unspecified atom stereocenters. The number of amides is 1. The normalized spacial score (nSPS) is 20.4. The number of carbonyl (C=O) groups is 1. The second-order valence-electron chi connectivity index (χ2n) is 8.22. The van der Waals surface area contributed by atoms with Crippen molar-refractivity contribution in [3.63, 3.8) is 0 Å². The van der Waals surface area contributed by atoms with Gasteiger partial charge in [-0.05, 0) is 85.1 Å². The molecule has 1 amide bonds. The van der Waals surface area contributed by atoms with Crippen LogP contribution in [0.3, 0.4) is 0 Å². The van der Waals surface area contributed by atoms with Crippen LogP contribution >= 0.6 is 0 Å². The van der Waals surface area contributed by atoms with Gasteiger partial charge in [-0.2, -0.15) is 0 Å². The van der Waals surface area contributed by atoms with Crippen LogP contribution in [-0.4, -0.2) is 12.5 Å². The van der Waals surface area contributed by atoms with E-state index in [1.54, 1.807) is 6.20 Å². The maximum atomic E-state index is 12.3. The van der Waals surface area contributed by atoms with Crippen molar-refractivity contribution in [2.24, 2.45) is 5.73 Å². The smallest absolute Gasteiger partial charge is 0.251 e. The molecule has 1 aromatic rings. The number of carbonyl (C=O) groups excluding carboxylic acids is 1. The monoisotopic (exact) mass is 406 g/mol. The number of nitrogens with one attached hydrogen (secondary N) is 1. The fraction of sp³-hybridized carbons (Fsp3) is 0.423. The molecule has 0 radical (unpaired) electrons. The maximum absolute atomic E-state index is 12.3. The number of aryl methyl sites for hydroxylation is 1. The Morgan fingerprint density at radius 2 is 2.17 bits per heavy atom. The zero-order valence-corrected chi connectivity index (χ0v) is 18.5. The Morgan fingerprint density at radius 3 is 2.87 bits per heavy atom. The standard InChI is InChI=1S/C26H34N2O2/c1-5-17(3)23-21(15-18(4)24(26(27)29)25(23)28-6-2)19-11-8-7-9-13-22-20(16-19)12-10-14-30-22/h6,8,11,15-17,28H,2,5,7,9-10,12-14H2,1,3-4H3,(H2,27,29)/b11-8-,19-16-. The molecule has 3 N–H and O–H groups in total. The van der Waals surface area contributed by atoms with E-state index in [0.717, 1.165) is 78.8 Å². The Morgan fingerprint density at radius 1 is 1.37 bits per heavy atom. The number of allylic oxidation sites excluding steroid dienone is 6. The van der Waals surface area contributed by atoms with Crippen LogP contribution in [0.4, 0.5) is 5.69 Å². The SMILES string of the molecule is C=CNc1c(C(N)=O)c(C)cc(C2=C\C3=C(CCC/C=C\2)OCCC3)c1C(C)CC. The fourth-order valence-electron chi connectivity index (χ4n) is 4.43. The summed E-state index contributed by atoms with van der Waals surface area (Å²) < 4.78 is 6.01. The summed E-state index contributed by atoms with van der Waals surface area (Å²) in [6.45, 7) is 11.0. The van der Waals surface area contributed by atoms with Crippen LogP contribution in [0.1, 0.15) is 85.3 Å². The Bertz CT molecular complexity index is 921. The summed E-state index contributed by atoms with van der Waals surface area (Å²) in [4.78, 5) is 12.3. The van der Waals surface area contributed by atoms with E-state index in [1.165, 1.54) is 5.57 Å². The Kier molecular flexibility index (Phi) is 7.20. The largest absolute Gasteiger partial charge is 0.498 e. The molecule has 4 nitrogen and oxygen atoms in total. The highest BCUT2D eigenvalue weighted by Gasteiger charge is 2.24. The number of benzene rings is 1. The van der Waals surface area contributed by atoms with Gasteiger partial charge in [0.1, 0.15) is 0 Å². The van der Waals surface area contributed by atoms with Crippen LogP contribution in [0.25, 0.3) is 5.57 Å². The number of rotatable bonds is 6. The number of nitrogens with two attached hydrogens (primary N) is 1. The number of hydrogen-bond acceptors (Lipinski definition) is 3. The third kappa shape index (κ3) is 4.53. The summed E-state index contributed by atoms with van der Waals surface area (Å²) in [6.07, 6.45) is 14.5. The van der Waals surface area contributed by atoms with Crippen molar-refractivity contribution in [2.45, 2.75) is 65.2 Å². The molecule has 160 valence electrons. The van der Waals surface area contributed by atoms with Gasteiger partial charge >= 0.3 is 0 Å². The van der Waals surface area contributed by atoms with Crippen LogP contribution in [-0.2, 0) is 4.74 Å². The van der Waals surface area contributed by atoms with Gasteiger partial charge in [0.15, 0.2) is 0 Å². The molecule has 1 aromatic carbocycles. The van der Waals surface area contributed by atoms with Crippen molar-refractivity contribution in [1.29, 1.82) is 0 Å². The molecule has 30 heavy (non-hydrogen) atoms. The highest BCUT2D eigenvalue weighted by Crippen LogP contribution is 2.40. The second-order valence-corrected chi connectivity index (χ2v) is 8.22. The van der Waals surface area contributed by atoms with Gasteiger partial charge in [0.05, 0.1) is 23.6 Å². The van der Waals surface area contributed by atoms with Crippen LogP contribution in [0, 0.1) is 6.92 Å². The molecule has 0 spiro atoms. The number of hydrogen-bond donors (Lipinski definition) is 2. The zero-order valence-electron chi connectivity index (χ0n) is 18.5. The van der Waals surface area contributed by atoms with E-state index in [1.807, 2.05) is 6.92 Å². The molecular formula is C26H34N2O2. The summed E-state index contributed by atoms with van der Waals surface area (Å²) in [5.41, 5.74) is 12.7. The predicted octanol–water partition coefficient (Wildman–Crippen LogP) is 6.35. The van der Waals surface area contributed by atoms with Crippen LogP contribution in [0.15, 0.2) is 48.4 Å². The van der Waals surface area contributed by atoms with Gasteiger partial charge in [-0.15, -0.1) is 0 Å². The molecule has 0 saturated carbocycles. The van der Waals surface area contributed by atoms with Crippen LogP contribution in [0.2, 0.25) is 0 Å². The molecule has 0 bridgehead atoms. The highest BCUT2D eigenvalue weighted by atomic mass is 16.5. The van der Waals surface area contributed by atoms with Gasteiger partial charge in [-0.1, -0.05) is 38.6 Å². The molecule has 1 aliphatic heterocycles. The Balaban J connectivity index is 2.30. The predicted molar refractivity (Wildman–Crippen MR) is 125 cm³/mol. The van der Waals surface area contributed by atoms with Crippen molar-refractivity contribution in [2.75, 3.05) is 11.9 Å². The molecule has 1 atom stereocenters. The lowest BCUT2D eigenvalue weighted by Gasteiger charge is -2.25. The quantitative estimate of drug-likeness (QED) is 0.578. The summed E-state index contributed by atoms with van der Waals surface area (Å²) in [5, 5.41) is 3.23. The van der Waals surface area contributed by atoms with Gasteiger partial charge < -0.3 is 15.8 Å².